The third-order valence-electron chi connectivity index (χ3n) is 3.55. The molecule has 2 nitrogen and oxygen atoms in total. The maximum Gasteiger partial charge on any atom is 0.306 e. The van der Waals surface area contributed by atoms with Gasteiger partial charge in [0.05, 0.1) is 5.92 Å². The molecule has 0 saturated carbocycles. The maximum absolute atomic E-state index is 10.9. The molecule has 0 aromatic heterocycles. The fourth-order valence-corrected chi connectivity index (χ4v) is 2.63. The second-order valence-corrected chi connectivity index (χ2v) is 4.76. The van der Waals surface area contributed by atoms with Gasteiger partial charge < -0.3 is 5.11 Å². The van der Waals surface area contributed by atoms with Gasteiger partial charge in [0.2, 0.25) is 0 Å². The molecule has 1 aromatic carbocycles. The second kappa shape index (κ2) is 4.69. The Morgan fingerprint density at radius 2 is 2.25 bits per heavy atom. The van der Waals surface area contributed by atoms with Gasteiger partial charge in [-0.25, -0.2) is 0 Å². The van der Waals surface area contributed by atoms with E-state index in [1.807, 2.05) is 0 Å². The van der Waals surface area contributed by atoms with Gasteiger partial charge in [-0.2, -0.15) is 0 Å². The number of rotatable bonds is 3. The molecular formula is C14H18O2. The number of carbonyl (C=O) groups is 1. The Hall–Kier alpha value is -1.31. The van der Waals surface area contributed by atoms with Gasteiger partial charge in [-0.3, -0.25) is 4.79 Å². The smallest absolute Gasteiger partial charge is 0.306 e. The molecule has 0 spiro atoms. The first-order valence-electron chi connectivity index (χ1n) is 5.99. The third-order valence-corrected chi connectivity index (χ3v) is 3.55. The van der Waals surface area contributed by atoms with Crippen molar-refractivity contribution >= 4 is 5.97 Å². The molecule has 0 heterocycles. The summed E-state index contributed by atoms with van der Waals surface area (Å²) in [6.45, 7) is 1.81. The Labute approximate surface area is 96.3 Å². The number of hydrogen-bond acceptors (Lipinski definition) is 1. The summed E-state index contributed by atoms with van der Waals surface area (Å²) in [6.07, 6.45) is 4.24. The first-order valence-corrected chi connectivity index (χ1v) is 5.99. The molecule has 1 aliphatic carbocycles. The maximum atomic E-state index is 10.9. The monoisotopic (exact) mass is 218 g/mol. The van der Waals surface area contributed by atoms with Crippen molar-refractivity contribution < 1.29 is 9.90 Å². The highest BCUT2D eigenvalue weighted by atomic mass is 16.4. The zero-order valence-electron chi connectivity index (χ0n) is 9.65. The van der Waals surface area contributed by atoms with Crippen LogP contribution in [0.25, 0.3) is 0 Å². The summed E-state index contributed by atoms with van der Waals surface area (Å²) >= 11 is 0. The minimum Gasteiger partial charge on any atom is -0.481 e. The molecule has 16 heavy (non-hydrogen) atoms. The zero-order valence-corrected chi connectivity index (χ0v) is 9.65. The quantitative estimate of drug-likeness (QED) is 0.845. The van der Waals surface area contributed by atoms with Crippen molar-refractivity contribution in [3.63, 3.8) is 0 Å². The summed E-state index contributed by atoms with van der Waals surface area (Å²) in [4.78, 5) is 10.9. The van der Waals surface area contributed by atoms with Gasteiger partial charge in [-0.05, 0) is 42.7 Å². The van der Waals surface area contributed by atoms with E-state index in [1.54, 1.807) is 6.92 Å². The highest BCUT2D eigenvalue weighted by molar-refractivity contribution is 5.69. The third kappa shape index (κ3) is 2.26. The fraction of sp³-hybridized carbons (Fsp3) is 0.500. The lowest BCUT2D eigenvalue weighted by molar-refractivity contribution is -0.141. The van der Waals surface area contributed by atoms with Crippen LogP contribution < -0.4 is 0 Å². The van der Waals surface area contributed by atoms with E-state index in [1.165, 1.54) is 17.5 Å². The summed E-state index contributed by atoms with van der Waals surface area (Å²) in [5.41, 5.74) is 2.79. The molecule has 2 heteroatoms. The van der Waals surface area contributed by atoms with Crippen LogP contribution in [0.15, 0.2) is 24.3 Å². The summed E-state index contributed by atoms with van der Waals surface area (Å²) in [5, 5.41) is 8.96. The summed E-state index contributed by atoms with van der Waals surface area (Å²) in [7, 11) is 0. The van der Waals surface area contributed by atoms with Crippen LogP contribution in [0.2, 0.25) is 0 Å². The molecule has 2 rings (SSSR count). The first-order chi connectivity index (χ1) is 7.68. The van der Waals surface area contributed by atoms with Gasteiger partial charge in [0.15, 0.2) is 0 Å². The number of benzene rings is 1. The lowest BCUT2D eigenvalue weighted by Gasteiger charge is -2.26. The molecule has 0 radical (unpaired) electrons. The number of aliphatic carboxylic acids is 1. The molecule has 1 aromatic rings. The molecule has 86 valence electrons. The number of hydrogen-bond donors (Lipinski definition) is 1. The Bertz CT molecular complexity index is 384. The minimum atomic E-state index is -0.678. The highest BCUT2D eigenvalue weighted by Crippen LogP contribution is 2.35. The minimum absolute atomic E-state index is 0.240. The van der Waals surface area contributed by atoms with E-state index in [9.17, 15) is 4.79 Å². The average molecular weight is 218 g/mol. The first kappa shape index (κ1) is 11.2. The van der Waals surface area contributed by atoms with Crippen LogP contribution in [-0.2, 0) is 11.2 Å². The average Bonchev–Trinajstić information content (AvgIpc) is 2.29. The van der Waals surface area contributed by atoms with Crippen LogP contribution in [0.3, 0.4) is 0 Å². The van der Waals surface area contributed by atoms with Crippen LogP contribution in [0.1, 0.15) is 43.2 Å². The van der Waals surface area contributed by atoms with Crippen LogP contribution in [0, 0.1) is 5.92 Å². The van der Waals surface area contributed by atoms with Crippen LogP contribution in [-0.4, -0.2) is 11.1 Å². The highest BCUT2D eigenvalue weighted by Gasteiger charge is 2.23. The van der Waals surface area contributed by atoms with Crippen molar-refractivity contribution in [3.8, 4) is 0 Å². The van der Waals surface area contributed by atoms with Gasteiger partial charge in [-0.15, -0.1) is 0 Å². The largest absolute Gasteiger partial charge is 0.481 e. The molecule has 2 atom stereocenters. The Morgan fingerprint density at radius 1 is 1.50 bits per heavy atom. The molecule has 1 aliphatic rings. The van der Waals surface area contributed by atoms with Gasteiger partial charge in [0, 0.05) is 0 Å². The Kier molecular flexibility index (Phi) is 3.28. The molecule has 2 unspecified atom stereocenters. The number of aryl methyl sites for hydroxylation is 1. The molecule has 1 N–H and O–H groups in total. The number of carboxylic acid groups (broad SMARTS) is 1. The topological polar surface area (TPSA) is 37.3 Å². The van der Waals surface area contributed by atoms with E-state index in [2.05, 4.69) is 24.3 Å². The predicted molar refractivity (Wildman–Crippen MR) is 63.5 cm³/mol. The van der Waals surface area contributed by atoms with E-state index < -0.39 is 5.97 Å². The van der Waals surface area contributed by atoms with Crippen molar-refractivity contribution in [2.24, 2.45) is 5.92 Å². The van der Waals surface area contributed by atoms with Gasteiger partial charge >= 0.3 is 5.97 Å². The molecule has 0 fully saturated rings. The number of carboxylic acids is 1. The Morgan fingerprint density at radius 3 is 3.00 bits per heavy atom. The van der Waals surface area contributed by atoms with E-state index in [-0.39, 0.29) is 5.92 Å². The van der Waals surface area contributed by atoms with E-state index in [4.69, 9.17) is 5.11 Å². The van der Waals surface area contributed by atoms with Crippen molar-refractivity contribution in [1.82, 2.24) is 0 Å². The van der Waals surface area contributed by atoms with Crippen molar-refractivity contribution in [2.45, 2.75) is 38.5 Å². The SMILES string of the molecule is CC(CC1CCCc2ccccc21)C(=O)O. The van der Waals surface area contributed by atoms with Crippen molar-refractivity contribution in [2.75, 3.05) is 0 Å². The van der Waals surface area contributed by atoms with Crippen LogP contribution >= 0.6 is 0 Å². The van der Waals surface area contributed by atoms with Crippen LogP contribution in [0.4, 0.5) is 0 Å². The summed E-state index contributed by atoms with van der Waals surface area (Å²) in [5.74, 6) is -0.477. The lowest BCUT2D eigenvalue weighted by Crippen LogP contribution is -2.17. The normalized spacial score (nSPS) is 21.2. The van der Waals surface area contributed by atoms with E-state index in [0.29, 0.717) is 5.92 Å². The molecule has 0 saturated heterocycles. The van der Waals surface area contributed by atoms with Crippen molar-refractivity contribution in [3.05, 3.63) is 35.4 Å². The van der Waals surface area contributed by atoms with Gasteiger partial charge in [-0.1, -0.05) is 31.2 Å². The molecule has 0 amide bonds. The predicted octanol–water partition coefficient (Wildman–Crippen LogP) is 3.22. The second-order valence-electron chi connectivity index (χ2n) is 4.76. The van der Waals surface area contributed by atoms with Gasteiger partial charge in [0.25, 0.3) is 0 Å². The Balaban J connectivity index is 2.16. The summed E-state index contributed by atoms with van der Waals surface area (Å²) < 4.78 is 0. The lowest BCUT2D eigenvalue weighted by atomic mass is 9.78. The van der Waals surface area contributed by atoms with E-state index in [0.717, 1.165) is 19.3 Å². The van der Waals surface area contributed by atoms with Crippen molar-refractivity contribution in [1.29, 1.82) is 0 Å². The van der Waals surface area contributed by atoms with E-state index >= 15 is 0 Å². The van der Waals surface area contributed by atoms with Gasteiger partial charge in [0.1, 0.15) is 0 Å². The van der Waals surface area contributed by atoms with Crippen LogP contribution in [0.5, 0.6) is 0 Å². The fourth-order valence-electron chi connectivity index (χ4n) is 2.63. The molecular weight excluding hydrogens is 200 g/mol. The zero-order chi connectivity index (χ0) is 11.5. The molecule has 0 aliphatic heterocycles. The number of fused-ring (bicyclic) bond motifs is 1. The molecule has 0 bridgehead atoms. The summed E-state index contributed by atoms with van der Waals surface area (Å²) in [6, 6.07) is 8.46. The standard InChI is InChI=1S/C14H18O2/c1-10(14(15)16)9-12-7-4-6-11-5-2-3-8-13(11)12/h2-3,5,8,10,12H,4,6-7,9H2,1H3,(H,15,16).